The summed E-state index contributed by atoms with van der Waals surface area (Å²) in [6.45, 7) is 2.75. The predicted octanol–water partition coefficient (Wildman–Crippen LogP) is 4.07. The van der Waals surface area contributed by atoms with Gasteiger partial charge >= 0.3 is 30.0 Å². The summed E-state index contributed by atoms with van der Waals surface area (Å²) in [5, 5.41) is 8.82. The average Bonchev–Trinajstić information content (AvgIpc) is 2.58. The van der Waals surface area contributed by atoms with E-state index in [1.54, 1.807) is 13.8 Å². The van der Waals surface area contributed by atoms with Crippen LogP contribution in [0.15, 0.2) is 0 Å². The Morgan fingerprint density at radius 1 is 1.03 bits per heavy atom. The van der Waals surface area contributed by atoms with E-state index in [9.17, 15) is 53.3 Å². The summed E-state index contributed by atoms with van der Waals surface area (Å²) in [5.41, 5.74) is 0. The number of carbonyl (C=O) groups is 2. The van der Waals surface area contributed by atoms with E-state index in [1.165, 1.54) is 0 Å². The fourth-order valence-corrected chi connectivity index (χ4v) is 3.58. The molecule has 15 heteroatoms. The lowest BCUT2D eigenvalue weighted by Gasteiger charge is -2.34. The van der Waals surface area contributed by atoms with Gasteiger partial charge in [-0.25, -0.2) is 0 Å². The Bertz CT molecular complexity index is 737. The molecule has 0 aliphatic heterocycles. The molecule has 0 amide bonds. The Morgan fingerprint density at radius 2 is 1.55 bits per heavy atom. The van der Waals surface area contributed by atoms with Gasteiger partial charge in [0.05, 0.1) is 19.4 Å². The zero-order valence-electron chi connectivity index (χ0n) is 16.5. The Balaban J connectivity index is 6.26. The topological polar surface area (TPSA) is 118 Å². The van der Waals surface area contributed by atoms with Crippen molar-refractivity contribution in [3.05, 3.63) is 0 Å². The van der Waals surface area contributed by atoms with Crippen molar-refractivity contribution in [3.8, 4) is 0 Å². The van der Waals surface area contributed by atoms with E-state index in [2.05, 4.69) is 4.74 Å². The second kappa shape index (κ2) is 10.3. The molecule has 0 aromatic rings. The number of carboxylic acid groups (broad SMARTS) is 1. The Labute approximate surface area is 173 Å². The number of alkyl halides is 7. The van der Waals surface area contributed by atoms with Crippen molar-refractivity contribution in [1.29, 1.82) is 0 Å². The summed E-state index contributed by atoms with van der Waals surface area (Å²) in [5.74, 6) is -18.3. The quantitative estimate of drug-likeness (QED) is 0.226. The van der Waals surface area contributed by atoms with Gasteiger partial charge in [-0.2, -0.15) is 39.2 Å². The first-order valence-electron chi connectivity index (χ1n) is 8.97. The van der Waals surface area contributed by atoms with Crippen LogP contribution in [0.2, 0.25) is 0 Å². The van der Waals surface area contributed by atoms with E-state index in [4.69, 9.17) is 5.11 Å². The molecule has 0 heterocycles. The molecular weight excluding hydrogens is 469 g/mol. The van der Waals surface area contributed by atoms with Crippen LogP contribution >= 0.6 is 0 Å². The van der Waals surface area contributed by atoms with Gasteiger partial charge in [0, 0.05) is 0 Å². The molecule has 0 spiro atoms. The fraction of sp³-hybridized carbons (Fsp3) is 0.875. The third-order valence-corrected chi connectivity index (χ3v) is 6.06. The van der Waals surface area contributed by atoms with E-state index in [0.717, 1.165) is 0 Å². The van der Waals surface area contributed by atoms with Crippen molar-refractivity contribution in [2.24, 2.45) is 5.92 Å². The molecule has 0 saturated carbocycles. The van der Waals surface area contributed by atoms with E-state index in [0.29, 0.717) is 25.7 Å². The average molecular weight is 492 g/mol. The van der Waals surface area contributed by atoms with Crippen LogP contribution in [-0.4, -0.2) is 59.4 Å². The zero-order valence-corrected chi connectivity index (χ0v) is 17.3. The van der Waals surface area contributed by atoms with Gasteiger partial charge in [-0.05, 0) is 12.3 Å². The lowest BCUT2D eigenvalue weighted by molar-refractivity contribution is -0.356. The van der Waals surface area contributed by atoms with Gasteiger partial charge in [0.2, 0.25) is 4.75 Å². The van der Waals surface area contributed by atoms with Crippen molar-refractivity contribution >= 4 is 22.1 Å². The van der Waals surface area contributed by atoms with Crippen molar-refractivity contribution < 1.29 is 63.1 Å². The lowest BCUT2D eigenvalue weighted by Crippen LogP contribution is -2.59. The van der Waals surface area contributed by atoms with Gasteiger partial charge in [-0.3, -0.25) is 14.1 Å². The first kappa shape index (κ1) is 29.4. The van der Waals surface area contributed by atoms with Crippen LogP contribution in [0.3, 0.4) is 0 Å². The minimum absolute atomic E-state index is 0.327. The molecule has 0 radical (unpaired) electrons. The third kappa shape index (κ3) is 6.92. The molecule has 7 nitrogen and oxygen atoms in total. The molecule has 0 aliphatic carbocycles. The van der Waals surface area contributed by atoms with Gasteiger partial charge < -0.3 is 9.84 Å². The number of rotatable bonds is 13. The van der Waals surface area contributed by atoms with Crippen molar-refractivity contribution in [2.75, 3.05) is 6.61 Å². The molecule has 0 aromatic carbocycles. The molecule has 2 atom stereocenters. The first-order valence-corrected chi connectivity index (χ1v) is 10.4. The van der Waals surface area contributed by atoms with Crippen molar-refractivity contribution in [3.63, 3.8) is 0 Å². The van der Waals surface area contributed by atoms with Crippen LogP contribution in [0.5, 0.6) is 0 Å². The van der Waals surface area contributed by atoms with Gasteiger partial charge in [-0.1, -0.05) is 33.1 Å². The summed E-state index contributed by atoms with van der Waals surface area (Å²) in [7, 11) is -6.27. The number of hydrogen-bond acceptors (Lipinski definition) is 5. The molecule has 0 fully saturated rings. The maximum atomic E-state index is 13.9. The number of ether oxygens (including phenoxy) is 1. The molecule has 31 heavy (non-hydrogen) atoms. The molecule has 0 aliphatic rings. The fourth-order valence-electron chi connectivity index (χ4n) is 2.64. The molecule has 2 unspecified atom stereocenters. The van der Waals surface area contributed by atoms with E-state index in [1.807, 2.05) is 0 Å². The summed E-state index contributed by atoms with van der Waals surface area (Å²) < 4.78 is 125. The normalized spacial score (nSPS) is 16.5. The highest BCUT2D eigenvalue weighted by Crippen LogP contribution is 2.51. The van der Waals surface area contributed by atoms with Gasteiger partial charge in [0.1, 0.15) is 0 Å². The zero-order chi connectivity index (χ0) is 24.9. The highest BCUT2D eigenvalue weighted by molar-refractivity contribution is 7.88. The van der Waals surface area contributed by atoms with Crippen LogP contribution in [0.1, 0.15) is 52.4 Å². The Hall–Kier alpha value is -1.64. The molecular formula is C16H23F7O7S. The molecule has 0 aromatic heterocycles. The maximum Gasteiger partial charge on any atom is 0.459 e. The van der Waals surface area contributed by atoms with Crippen LogP contribution in [0.4, 0.5) is 30.7 Å². The predicted molar refractivity (Wildman–Crippen MR) is 91.4 cm³/mol. The number of carboxylic acids is 1. The highest BCUT2D eigenvalue weighted by atomic mass is 32.2. The standard InChI is InChI=1S/C16H23F7O7S/c1-3-5-6-10(4-2)8-30-12(26)13(7-11(24)25,31(27,28)29)9-14(17,18)15(19,20)16(21,22)23/h10H,3-9H2,1-2H3,(H,24,25)(H,27,28,29). The van der Waals surface area contributed by atoms with Gasteiger partial charge in [0.15, 0.2) is 0 Å². The number of halogens is 7. The van der Waals surface area contributed by atoms with Crippen LogP contribution in [0, 0.1) is 5.92 Å². The smallest absolute Gasteiger partial charge is 0.459 e. The molecule has 2 N–H and O–H groups in total. The lowest BCUT2D eigenvalue weighted by atomic mass is 9.92. The number of unbranched alkanes of at least 4 members (excludes halogenated alkanes) is 1. The largest absolute Gasteiger partial charge is 0.481 e. The number of esters is 1. The first-order chi connectivity index (χ1) is 13.8. The molecule has 0 saturated heterocycles. The summed E-state index contributed by atoms with van der Waals surface area (Å²) in [6.07, 6.45) is -10.3. The number of carbonyl (C=O) groups excluding carboxylic acids is 1. The van der Waals surface area contributed by atoms with Crippen LogP contribution in [-0.2, 0) is 24.4 Å². The second-order valence-electron chi connectivity index (χ2n) is 7.01. The number of hydrogen-bond donors (Lipinski definition) is 2. The summed E-state index contributed by atoms with van der Waals surface area (Å²) in [6, 6.07) is 0. The molecule has 184 valence electrons. The highest BCUT2D eigenvalue weighted by Gasteiger charge is 2.76. The minimum atomic E-state index is -6.87. The SMILES string of the molecule is CCCCC(CC)COC(=O)C(CC(=O)O)(CC(F)(F)C(F)(F)C(F)(F)F)S(=O)(=O)O. The number of aliphatic carboxylic acids is 1. The second-order valence-corrected chi connectivity index (χ2v) is 8.74. The Kier molecular flexibility index (Phi) is 9.77. The van der Waals surface area contributed by atoms with Crippen molar-refractivity contribution in [2.45, 2.75) is 75.1 Å². The maximum absolute atomic E-state index is 13.9. The van der Waals surface area contributed by atoms with Crippen molar-refractivity contribution in [1.82, 2.24) is 0 Å². The monoisotopic (exact) mass is 492 g/mol. The van der Waals surface area contributed by atoms with E-state index >= 15 is 0 Å². The van der Waals surface area contributed by atoms with Crippen LogP contribution < -0.4 is 0 Å². The third-order valence-electron chi connectivity index (χ3n) is 4.62. The molecule has 0 rings (SSSR count). The van der Waals surface area contributed by atoms with Gasteiger partial charge in [-0.15, -0.1) is 0 Å². The van der Waals surface area contributed by atoms with E-state index in [-0.39, 0.29) is 0 Å². The van der Waals surface area contributed by atoms with Gasteiger partial charge in [0.25, 0.3) is 10.1 Å². The van der Waals surface area contributed by atoms with E-state index < -0.39 is 70.2 Å². The summed E-state index contributed by atoms with van der Waals surface area (Å²) >= 11 is 0. The van der Waals surface area contributed by atoms with Crippen LogP contribution in [0.25, 0.3) is 0 Å². The summed E-state index contributed by atoms with van der Waals surface area (Å²) in [4.78, 5) is 23.3. The molecule has 0 bridgehead atoms. The Morgan fingerprint density at radius 3 is 1.90 bits per heavy atom. The minimum Gasteiger partial charge on any atom is -0.481 e.